The molecule has 0 aromatic heterocycles. The minimum absolute atomic E-state index is 0. The summed E-state index contributed by atoms with van der Waals surface area (Å²) in [6.07, 6.45) is 0. The number of ketones is 1. The lowest BCUT2D eigenvalue weighted by Gasteiger charge is -2.17. The lowest BCUT2D eigenvalue weighted by atomic mass is 10.1. The number of nitrogens with zero attached hydrogens (tertiary/aromatic N) is 2. The van der Waals surface area contributed by atoms with Gasteiger partial charge in [0, 0.05) is 17.9 Å². The molecule has 7 heteroatoms. The number of Topliss-reactive ketones (excluding diaryl/α,β-unsaturated/α-hetero) is 1. The van der Waals surface area contributed by atoms with Crippen LogP contribution in [0.5, 0.6) is 11.5 Å². The monoisotopic (exact) mass is 435 g/mol. The molecule has 0 radical (unpaired) electrons. The van der Waals surface area contributed by atoms with Crippen molar-refractivity contribution >= 4 is 28.4 Å². The molecule has 5 nitrogen and oxygen atoms in total. The molecule has 1 aliphatic rings. The maximum atomic E-state index is 12.5. The average molecular weight is 436 g/mol. The van der Waals surface area contributed by atoms with E-state index in [1.807, 2.05) is 29.2 Å². The Labute approximate surface area is 168 Å². The van der Waals surface area contributed by atoms with Crippen LogP contribution in [-0.4, -0.2) is 48.9 Å². The van der Waals surface area contributed by atoms with Gasteiger partial charge in [-0.1, -0.05) is 11.8 Å². The zero-order valence-electron chi connectivity index (χ0n) is 14.6. The number of rotatable bonds is 6. The molecule has 0 spiro atoms. The fourth-order valence-corrected chi connectivity index (χ4v) is 3.50. The molecule has 0 bridgehead atoms. The normalized spacial score (nSPS) is 14.8. The van der Waals surface area contributed by atoms with Crippen molar-refractivity contribution in [1.82, 2.24) is 4.90 Å². The van der Waals surface area contributed by atoms with Crippen LogP contribution >= 0.6 is 11.8 Å². The van der Waals surface area contributed by atoms with Gasteiger partial charge in [-0.05, 0) is 48.5 Å². The molecule has 0 aliphatic carbocycles. The third-order valence-corrected chi connectivity index (χ3v) is 4.90. The van der Waals surface area contributed by atoms with Gasteiger partial charge in [0.05, 0.1) is 26.5 Å². The molecule has 1 saturated heterocycles. The molecule has 2 aromatic rings. The maximum Gasteiger partial charge on any atom is 0.182 e. The van der Waals surface area contributed by atoms with Crippen molar-refractivity contribution in [1.29, 1.82) is 0 Å². The van der Waals surface area contributed by atoms with Gasteiger partial charge in [-0.2, -0.15) is 0 Å². The number of hydrogen-bond acceptors (Lipinski definition) is 5. The molecule has 26 heavy (non-hydrogen) atoms. The molecule has 3 rings (SSSR count). The highest BCUT2D eigenvalue weighted by atomic mass is 79.9. The molecule has 1 heterocycles. The van der Waals surface area contributed by atoms with E-state index in [4.69, 9.17) is 9.47 Å². The second kappa shape index (κ2) is 9.64. The van der Waals surface area contributed by atoms with Gasteiger partial charge in [0.2, 0.25) is 0 Å². The predicted molar refractivity (Wildman–Crippen MR) is 101 cm³/mol. The Hall–Kier alpha value is -1.99. The second-order valence-corrected chi connectivity index (χ2v) is 6.58. The largest absolute Gasteiger partial charge is 1.00 e. The molecule has 0 unspecified atom stereocenters. The number of hydrogen-bond donors (Lipinski definition) is 0. The second-order valence-electron chi connectivity index (χ2n) is 5.51. The van der Waals surface area contributed by atoms with Crippen LogP contribution in [0.15, 0.2) is 53.5 Å². The average Bonchev–Trinajstić information content (AvgIpc) is 3.09. The van der Waals surface area contributed by atoms with E-state index in [9.17, 15) is 4.79 Å². The smallest absolute Gasteiger partial charge is 0.182 e. The van der Waals surface area contributed by atoms with Gasteiger partial charge in [0.25, 0.3) is 0 Å². The predicted octanol–water partition coefficient (Wildman–Crippen LogP) is 0.627. The maximum absolute atomic E-state index is 12.5. The van der Waals surface area contributed by atoms with Crippen LogP contribution in [0.3, 0.4) is 0 Å². The summed E-state index contributed by atoms with van der Waals surface area (Å²) < 4.78 is 10.3. The molecule has 0 N–H and O–H groups in total. The number of thioether (sulfide) groups is 1. The fraction of sp³-hybridized carbons (Fsp3) is 0.263. The number of aliphatic imine (C=N–C) groups is 1. The molecule has 2 aromatic carbocycles. The summed E-state index contributed by atoms with van der Waals surface area (Å²) in [5.41, 5.74) is 1.54. The van der Waals surface area contributed by atoms with Crippen LogP contribution in [0.4, 0.5) is 5.69 Å². The van der Waals surface area contributed by atoms with Crippen molar-refractivity contribution in [2.75, 3.05) is 33.1 Å². The summed E-state index contributed by atoms with van der Waals surface area (Å²) in [5.74, 6) is 2.56. The van der Waals surface area contributed by atoms with E-state index < -0.39 is 0 Å². The van der Waals surface area contributed by atoms with E-state index in [1.54, 1.807) is 50.2 Å². The first kappa shape index (κ1) is 20.3. The fourth-order valence-electron chi connectivity index (χ4n) is 2.49. The molecule has 138 valence electrons. The third kappa shape index (κ3) is 5.02. The molecular formula is C19H20BrN2O3S-. The van der Waals surface area contributed by atoms with E-state index in [2.05, 4.69) is 4.99 Å². The first-order valence-corrected chi connectivity index (χ1v) is 8.96. The minimum atomic E-state index is 0. The quantitative estimate of drug-likeness (QED) is 0.622. The lowest BCUT2D eigenvalue weighted by molar-refractivity contribution is -0.0000134. The number of halogens is 1. The standard InChI is InChI=1S/C19H20N2O3S.BrH/c1-23-16-7-3-14(4-8-16)18(22)13-21-11-12-25-19(21)20-15-5-9-17(24-2)10-6-15;/h3-10H,11-13H2,1-2H3;1H/p-1. The van der Waals surface area contributed by atoms with Crippen LogP contribution in [0.25, 0.3) is 0 Å². The Bertz CT molecular complexity index is 763. The summed E-state index contributed by atoms with van der Waals surface area (Å²) in [6, 6.07) is 14.8. The highest BCUT2D eigenvalue weighted by Gasteiger charge is 2.22. The number of methoxy groups -OCH3 is 2. The zero-order chi connectivity index (χ0) is 17.6. The van der Waals surface area contributed by atoms with Gasteiger partial charge in [0.15, 0.2) is 11.0 Å². The van der Waals surface area contributed by atoms with E-state index in [0.29, 0.717) is 12.1 Å². The Balaban J connectivity index is 0.00000243. The molecule has 0 saturated carbocycles. The number of carbonyl (C=O) groups excluding carboxylic acids is 1. The van der Waals surface area contributed by atoms with Gasteiger partial charge >= 0.3 is 0 Å². The Morgan fingerprint density at radius 2 is 1.62 bits per heavy atom. The van der Waals surface area contributed by atoms with Crippen molar-refractivity contribution in [3.8, 4) is 11.5 Å². The van der Waals surface area contributed by atoms with Crippen molar-refractivity contribution in [2.45, 2.75) is 0 Å². The SMILES string of the molecule is COc1ccc(N=C2SCCN2CC(=O)c2ccc(OC)cc2)cc1.[Br-]. The van der Waals surface area contributed by atoms with Crippen molar-refractivity contribution in [3.63, 3.8) is 0 Å². The lowest BCUT2D eigenvalue weighted by Crippen LogP contribution is -3.00. The van der Waals surface area contributed by atoms with Gasteiger partial charge in [-0.3, -0.25) is 4.79 Å². The molecular weight excluding hydrogens is 416 g/mol. The number of ether oxygens (including phenoxy) is 2. The molecule has 1 fully saturated rings. The molecule has 1 aliphatic heterocycles. The van der Waals surface area contributed by atoms with E-state index in [0.717, 1.165) is 34.7 Å². The number of benzene rings is 2. The Kier molecular flexibility index (Phi) is 7.53. The van der Waals surface area contributed by atoms with Gasteiger partial charge in [0.1, 0.15) is 11.5 Å². The zero-order valence-corrected chi connectivity index (χ0v) is 17.0. The van der Waals surface area contributed by atoms with E-state index in [1.165, 1.54) is 0 Å². The minimum Gasteiger partial charge on any atom is -1.00 e. The first-order chi connectivity index (χ1) is 12.2. The third-order valence-electron chi connectivity index (χ3n) is 3.91. The first-order valence-electron chi connectivity index (χ1n) is 7.97. The molecule has 0 amide bonds. The number of carbonyl (C=O) groups is 1. The van der Waals surface area contributed by atoms with Crippen LogP contribution in [0.2, 0.25) is 0 Å². The highest BCUT2D eigenvalue weighted by Crippen LogP contribution is 2.24. The van der Waals surface area contributed by atoms with Crippen LogP contribution in [-0.2, 0) is 0 Å². The van der Waals surface area contributed by atoms with E-state index in [-0.39, 0.29) is 22.8 Å². The highest BCUT2D eigenvalue weighted by molar-refractivity contribution is 8.14. The number of amidine groups is 1. The van der Waals surface area contributed by atoms with Crippen LogP contribution < -0.4 is 26.5 Å². The Morgan fingerprint density at radius 3 is 2.19 bits per heavy atom. The van der Waals surface area contributed by atoms with Crippen molar-refractivity contribution in [2.24, 2.45) is 4.99 Å². The van der Waals surface area contributed by atoms with Crippen molar-refractivity contribution in [3.05, 3.63) is 54.1 Å². The van der Waals surface area contributed by atoms with Gasteiger partial charge < -0.3 is 31.4 Å². The van der Waals surface area contributed by atoms with Gasteiger partial charge in [-0.15, -0.1) is 0 Å². The summed E-state index contributed by atoms with van der Waals surface area (Å²) in [4.78, 5) is 19.2. The molecule has 0 atom stereocenters. The Morgan fingerprint density at radius 1 is 1.04 bits per heavy atom. The summed E-state index contributed by atoms with van der Waals surface area (Å²) in [5, 5.41) is 0.882. The van der Waals surface area contributed by atoms with Crippen molar-refractivity contribution < 1.29 is 31.2 Å². The summed E-state index contributed by atoms with van der Waals surface area (Å²) in [6.45, 7) is 1.15. The summed E-state index contributed by atoms with van der Waals surface area (Å²) >= 11 is 1.67. The van der Waals surface area contributed by atoms with Gasteiger partial charge in [-0.25, -0.2) is 4.99 Å². The van der Waals surface area contributed by atoms with Crippen LogP contribution in [0.1, 0.15) is 10.4 Å². The topological polar surface area (TPSA) is 51.1 Å². The van der Waals surface area contributed by atoms with Crippen LogP contribution in [0, 0.1) is 0 Å². The van der Waals surface area contributed by atoms with E-state index >= 15 is 0 Å². The summed E-state index contributed by atoms with van der Waals surface area (Å²) in [7, 11) is 3.25.